The number of aryl methyl sites for hydroxylation is 1. The molecule has 2 N–H and O–H groups in total. The molecule has 0 aliphatic rings. The molecule has 2 rings (SSSR count). The molecule has 0 radical (unpaired) electrons. The molecule has 0 spiro atoms. The van der Waals surface area contributed by atoms with Gasteiger partial charge in [0.2, 0.25) is 0 Å². The summed E-state index contributed by atoms with van der Waals surface area (Å²) < 4.78 is 0.867. The number of pyridine rings is 1. The number of aromatic nitrogens is 1. The van der Waals surface area contributed by atoms with E-state index in [1.807, 2.05) is 25.1 Å². The van der Waals surface area contributed by atoms with Crippen LogP contribution in [0.5, 0.6) is 0 Å². The number of hydrogen-bond acceptors (Lipinski definition) is 3. The van der Waals surface area contributed by atoms with Crippen molar-refractivity contribution in [2.75, 3.05) is 5.32 Å². The zero-order valence-electron chi connectivity index (χ0n) is 9.95. The van der Waals surface area contributed by atoms with Crippen LogP contribution in [0.25, 0.3) is 0 Å². The van der Waals surface area contributed by atoms with Gasteiger partial charge in [-0.1, -0.05) is 17.7 Å². The first-order valence-electron chi connectivity index (χ1n) is 5.39. The molecule has 0 saturated heterocycles. The summed E-state index contributed by atoms with van der Waals surface area (Å²) in [6.07, 6.45) is 1.32. The number of carboxylic acids is 1. The predicted octanol–water partition coefficient (Wildman–Crippen LogP) is 4.25. The maximum Gasteiger partial charge on any atom is 0.337 e. The van der Waals surface area contributed by atoms with Gasteiger partial charge in [0.1, 0.15) is 5.82 Å². The van der Waals surface area contributed by atoms with E-state index in [-0.39, 0.29) is 10.6 Å². The van der Waals surface area contributed by atoms with Gasteiger partial charge in [0.25, 0.3) is 0 Å². The van der Waals surface area contributed by atoms with E-state index < -0.39 is 5.97 Å². The van der Waals surface area contributed by atoms with E-state index in [0.717, 1.165) is 15.7 Å². The molecule has 1 heterocycles. The van der Waals surface area contributed by atoms with Crippen LogP contribution in [-0.2, 0) is 0 Å². The lowest BCUT2D eigenvalue weighted by atomic mass is 10.2. The predicted molar refractivity (Wildman–Crippen MR) is 78.4 cm³/mol. The first-order valence-corrected chi connectivity index (χ1v) is 6.56. The molecular weight excluding hydrogens is 332 g/mol. The molecule has 19 heavy (non-hydrogen) atoms. The summed E-state index contributed by atoms with van der Waals surface area (Å²) >= 11 is 9.19. The minimum atomic E-state index is -1.08. The van der Waals surface area contributed by atoms with Gasteiger partial charge in [-0.25, -0.2) is 9.78 Å². The first kappa shape index (κ1) is 13.8. The molecule has 0 amide bonds. The highest BCUT2D eigenvalue weighted by Gasteiger charge is 2.11. The van der Waals surface area contributed by atoms with Crippen molar-refractivity contribution in [2.24, 2.45) is 0 Å². The SMILES string of the molecule is Cc1ccc(Br)c(Nc2cc(C(=O)O)c(Cl)cn2)c1. The van der Waals surface area contributed by atoms with E-state index in [9.17, 15) is 4.79 Å². The normalized spacial score (nSPS) is 10.3. The Morgan fingerprint density at radius 3 is 2.84 bits per heavy atom. The monoisotopic (exact) mass is 340 g/mol. The summed E-state index contributed by atoms with van der Waals surface area (Å²) in [5.41, 5.74) is 1.91. The van der Waals surface area contributed by atoms with Gasteiger partial charge in [-0.05, 0) is 46.6 Å². The number of anilines is 2. The Bertz CT molecular complexity index is 647. The summed E-state index contributed by atoms with van der Waals surface area (Å²) in [6, 6.07) is 7.21. The number of hydrogen-bond donors (Lipinski definition) is 2. The Morgan fingerprint density at radius 1 is 1.42 bits per heavy atom. The van der Waals surface area contributed by atoms with Crippen LogP contribution in [0, 0.1) is 6.92 Å². The molecule has 0 aliphatic carbocycles. The fourth-order valence-corrected chi connectivity index (χ4v) is 2.07. The molecule has 0 fully saturated rings. The van der Waals surface area contributed by atoms with Crippen LogP contribution in [0.15, 0.2) is 34.9 Å². The van der Waals surface area contributed by atoms with E-state index in [1.54, 1.807) is 0 Å². The smallest absolute Gasteiger partial charge is 0.337 e. The number of halogens is 2. The van der Waals surface area contributed by atoms with Crippen molar-refractivity contribution in [3.8, 4) is 0 Å². The van der Waals surface area contributed by atoms with Crippen LogP contribution < -0.4 is 5.32 Å². The van der Waals surface area contributed by atoms with E-state index in [2.05, 4.69) is 26.2 Å². The molecule has 0 aliphatic heterocycles. The van der Waals surface area contributed by atoms with Crippen LogP contribution in [0.1, 0.15) is 15.9 Å². The zero-order valence-corrected chi connectivity index (χ0v) is 12.3. The number of nitrogens with zero attached hydrogens (tertiary/aromatic N) is 1. The third-order valence-electron chi connectivity index (χ3n) is 2.47. The van der Waals surface area contributed by atoms with Crippen molar-refractivity contribution in [1.82, 2.24) is 4.98 Å². The zero-order chi connectivity index (χ0) is 14.0. The molecule has 0 bridgehead atoms. The number of rotatable bonds is 3. The molecule has 4 nitrogen and oxygen atoms in total. The minimum Gasteiger partial charge on any atom is -0.478 e. The topological polar surface area (TPSA) is 62.2 Å². The number of benzene rings is 1. The Kier molecular flexibility index (Phi) is 4.07. The van der Waals surface area contributed by atoms with Crippen LogP contribution in [-0.4, -0.2) is 16.1 Å². The highest BCUT2D eigenvalue weighted by atomic mass is 79.9. The number of aromatic carboxylic acids is 1. The highest BCUT2D eigenvalue weighted by molar-refractivity contribution is 9.10. The third-order valence-corrected chi connectivity index (χ3v) is 3.46. The van der Waals surface area contributed by atoms with Crippen molar-refractivity contribution in [3.05, 3.63) is 51.1 Å². The van der Waals surface area contributed by atoms with Gasteiger partial charge >= 0.3 is 5.97 Å². The number of carboxylic acid groups (broad SMARTS) is 1. The highest BCUT2D eigenvalue weighted by Crippen LogP contribution is 2.27. The molecular formula is C13H10BrClN2O2. The van der Waals surface area contributed by atoms with Crippen LogP contribution >= 0.6 is 27.5 Å². The van der Waals surface area contributed by atoms with Crippen molar-refractivity contribution < 1.29 is 9.90 Å². The summed E-state index contributed by atoms with van der Waals surface area (Å²) in [6.45, 7) is 1.97. The summed E-state index contributed by atoms with van der Waals surface area (Å²) in [5, 5.41) is 12.2. The van der Waals surface area contributed by atoms with Crippen molar-refractivity contribution >= 4 is 45.0 Å². The molecule has 98 valence electrons. The maximum atomic E-state index is 11.0. The second-order valence-electron chi connectivity index (χ2n) is 3.96. The van der Waals surface area contributed by atoms with Gasteiger partial charge in [0, 0.05) is 10.7 Å². The average molecular weight is 342 g/mol. The van der Waals surface area contributed by atoms with E-state index in [0.29, 0.717) is 5.82 Å². The lowest BCUT2D eigenvalue weighted by molar-refractivity contribution is 0.0697. The molecule has 2 aromatic rings. The summed E-state index contributed by atoms with van der Waals surface area (Å²) in [7, 11) is 0. The Hall–Kier alpha value is -1.59. The average Bonchev–Trinajstić information content (AvgIpc) is 2.36. The number of nitrogens with one attached hydrogen (secondary N) is 1. The maximum absolute atomic E-state index is 11.0. The van der Waals surface area contributed by atoms with E-state index >= 15 is 0 Å². The van der Waals surface area contributed by atoms with Gasteiger partial charge in [-0.15, -0.1) is 0 Å². The largest absolute Gasteiger partial charge is 0.478 e. The Morgan fingerprint density at radius 2 is 2.16 bits per heavy atom. The van der Waals surface area contributed by atoms with Gasteiger partial charge in [0.05, 0.1) is 16.3 Å². The van der Waals surface area contributed by atoms with Gasteiger partial charge in [-0.2, -0.15) is 0 Å². The number of carbonyl (C=O) groups is 1. The quantitative estimate of drug-likeness (QED) is 0.876. The Labute approximate surface area is 123 Å². The summed E-state index contributed by atoms with van der Waals surface area (Å²) in [5.74, 6) is -0.660. The van der Waals surface area contributed by atoms with Crippen LogP contribution in [0.2, 0.25) is 5.02 Å². The summed E-state index contributed by atoms with van der Waals surface area (Å²) in [4.78, 5) is 15.1. The lowest BCUT2D eigenvalue weighted by Crippen LogP contribution is -2.01. The van der Waals surface area contributed by atoms with Gasteiger partial charge in [-0.3, -0.25) is 0 Å². The van der Waals surface area contributed by atoms with Gasteiger partial charge < -0.3 is 10.4 Å². The lowest BCUT2D eigenvalue weighted by Gasteiger charge is -2.09. The van der Waals surface area contributed by atoms with Crippen LogP contribution in [0.3, 0.4) is 0 Å². The minimum absolute atomic E-state index is 0.0166. The fraction of sp³-hybridized carbons (Fsp3) is 0.0769. The third kappa shape index (κ3) is 3.24. The van der Waals surface area contributed by atoms with E-state index in [1.165, 1.54) is 12.3 Å². The van der Waals surface area contributed by atoms with Crippen molar-refractivity contribution in [3.63, 3.8) is 0 Å². The molecule has 6 heteroatoms. The van der Waals surface area contributed by atoms with Crippen molar-refractivity contribution in [1.29, 1.82) is 0 Å². The second-order valence-corrected chi connectivity index (χ2v) is 5.22. The van der Waals surface area contributed by atoms with E-state index in [4.69, 9.17) is 16.7 Å². The molecule has 1 aromatic carbocycles. The molecule has 0 unspecified atom stereocenters. The fourth-order valence-electron chi connectivity index (χ4n) is 1.54. The van der Waals surface area contributed by atoms with Crippen LogP contribution in [0.4, 0.5) is 11.5 Å². The standard InChI is InChI=1S/C13H10BrClN2O2/c1-7-2-3-9(14)11(4-7)17-12-5-8(13(18)19)10(15)6-16-12/h2-6H,1H3,(H,16,17)(H,18,19). The molecule has 0 saturated carbocycles. The van der Waals surface area contributed by atoms with Crippen molar-refractivity contribution in [2.45, 2.75) is 6.92 Å². The van der Waals surface area contributed by atoms with Gasteiger partial charge in [0.15, 0.2) is 0 Å². The molecule has 0 atom stereocenters. The molecule has 1 aromatic heterocycles. The Balaban J connectivity index is 2.36. The second kappa shape index (κ2) is 5.59. The first-order chi connectivity index (χ1) is 8.97.